The summed E-state index contributed by atoms with van der Waals surface area (Å²) in [5.74, 6) is -2.76. The van der Waals surface area contributed by atoms with Crippen LogP contribution < -0.4 is 0 Å². The van der Waals surface area contributed by atoms with Crippen molar-refractivity contribution in [2.45, 2.75) is 38.8 Å². The van der Waals surface area contributed by atoms with Gasteiger partial charge in [0.2, 0.25) is 0 Å². The van der Waals surface area contributed by atoms with Gasteiger partial charge in [-0.15, -0.1) is 0 Å². The van der Waals surface area contributed by atoms with Crippen molar-refractivity contribution in [3.8, 4) is 5.69 Å². The second-order valence-corrected chi connectivity index (χ2v) is 6.51. The molecule has 2 unspecified atom stereocenters. The maximum atomic E-state index is 10.6. The Morgan fingerprint density at radius 2 is 1.59 bits per heavy atom. The van der Waals surface area contributed by atoms with Crippen LogP contribution in [0.25, 0.3) is 5.69 Å². The van der Waals surface area contributed by atoms with E-state index in [1.807, 2.05) is 12.1 Å². The maximum Gasteiger partial charge on any atom is 0.490 e. The summed E-state index contributed by atoms with van der Waals surface area (Å²) in [6.45, 7) is 7.34. The van der Waals surface area contributed by atoms with E-state index >= 15 is 0 Å². The topological polar surface area (TPSA) is 54.7 Å². The van der Waals surface area contributed by atoms with E-state index < -0.39 is 12.1 Å². The zero-order valence-corrected chi connectivity index (χ0v) is 15.2. The van der Waals surface area contributed by atoms with E-state index in [4.69, 9.17) is 14.6 Å². The lowest BCUT2D eigenvalue weighted by Crippen LogP contribution is -2.44. The number of ether oxygens (including phenoxy) is 1. The van der Waals surface area contributed by atoms with Crippen LogP contribution in [-0.2, 0) is 16.1 Å². The molecular weight excluding hydrogens is 361 g/mol. The Balaban J connectivity index is 0.000000321. The lowest BCUT2D eigenvalue weighted by Gasteiger charge is -2.35. The molecule has 0 bridgehead atoms. The fraction of sp³-hybridized carbons (Fsp3) is 0.421. The molecule has 2 aromatic rings. The number of alkyl halides is 3. The summed E-state index contributed by atoms with van der Waals surface area (Å²) in [5, 5.41) is 7.12. The zero-order valence-electron chi connectivity index (χ0n) is 15.2. The molecule has 8 heteroatoms. The predicted molar refractivity (Wildman–Crippen MR) is 94.7 cm³/mol. The summed E-state index contributed by atoms with van der Waals surface area (Å²) in [6.07, 6.45) is -0.281. The van der Waals surface area contributed by atoms with E-state index in [0.717, 1.165) is 19.6 Å². The van der Waals surface area contributed by atoms with Gasteiger partial charge < -0.3 is 14.4 Å². The van der Waals surface area contributed by atoms with Crippen LogP contribution in [0.1, 0.15) is 19.4 Å². The van der Waals surface area contributed by atoms with Crippen molar-refractivity contribution < 1.29 is 27.8 Å². The number of aromatic nitrogens is 1. The molecule has 3 rings (SSSR count). The minimum absolute atomic E-state index is 0.331. The van der Waals surface area contributed by atoms with Gasteiger partial charge in [0.05, 0.1) is 12.2 Å². The van der Waals surface area contributed by atoms with Gasteiger partial charge in [-0.05, 0) is 43.7 Å². The number of carboxylic acids is 1. The van der Waals surface area contributed by atoms with Crippen LogP contribution in [0.3, 0.4) is 0 Å². The predicted octanol–water partition coefficient (Wildman–Crippen LogP) is 3.72. The van der Waals surface area contributed by atoms with Crippen molar-refractivity contribution in [1.29, 1.82) is 0 Å². The average Bonchev–Trinajstić information content (AvgIpc) is 3.08. The van der Waals surface area contributed by atoms with Gasteiger partial charge in [-0.1, -0.05) is 12.1 Å². The lowest BCUT2D eigenvalue weighted by molar-refractivity contribution is -0.192. The van der Waals surface area contributed by atoms with E-state index in [9.17, 15) is 13.2 Å². The molecule has 1 aromatic carbocycles. The van der Waals surface area contributed by atoms with E-state index in [2.05, 4.69) is 60.0 Å². The molecule has 1 N–H and O–H groups in total. The number of aliphatic carboxylic acids is 1. The van der Waals surface area contributed by atoms with Crippen molar-refractivity contribution >= 4 is 5.97 Å². The van der Waals surface area contributed by atoms with Crippen LogP contribution in [0.2, 0.25) is 0 Å². The highest BCUT2D eigenvalue weighted by Crippen LogP contribution is 2.16. The maximum absolute atomic E-state index is 10.6. The molecule has 1 aliphatic rings. The Bertz CT molecular complexity index is 705. The van der Waals surface area contributed by atoms with Crippen molar-refractivity contribution in [2.24, 2.45) is 0 Å². The molecule has 0 saturated carbocycles. The quantitative estimate of drug-likeness (QED) is 0.876. The van der Waals surface area contributed by atoms with Gasteiger partial charge in [0, 0.05) is 37.7 Å². The number of rotatable bonds is 3. The summed E-state index contributed by atoms with van der Waals surface area (Å²) in [4.78, 5) is 11.4. The second kappa shape index (κ2) is 9.05. The van der Waals surface area contributed by atoms with Gasteiger partial charge in [-0.2, -0.15) is 13.2 Å². The van der Waals surface area contributed by atoms with E-state index in [0.29, 0.717) is 12.2 Å². The van der Waals surface area contributed by atoms with Crippen molar-refractivity contribution in [3.63, 3.8) is 0 Å². The molecule has 0 radical (unpaired) electrons. The van der Waals surface area contributed by atoms with Gasteiger partial charge >= 0.3 is 12.1 Å². The molecule has 2 atom stereocenters. The standard InChI is InChI=1S/C17H22N2O.C2HF3O2/c1-14-11-18(12-15(2)20-14)13-16-5-7-17(8-6-16)19-9-3-4-10-19;3-2(4,5)1(6)7/h3-10,14-15H,11-13H2,1-2H3;(H,6,7). The highest BCUT2D eigenvalue weighted by Gasteiger charge is 2.38. The van der Waals surface area contributed by atoms with Crippen LogP contribution in [-0.4, -0.2) is 52.0 Å². The summed E-state index contributed by atoms with van der Waals surface area (Å²) in [7, 11) is 0. The molecule has 0 amide bonds. The highest BCUT2D eigenvalue weighted by molar-refractivity contribution is 5.73. The smallest absolute Gasteiger partial charge is 0.475 e. The Kier molecular flexibility index (Phi) is 7.04. The van der Waals surface area contributed by atoms with Crippen LogP contribution in [0.15, 0.2) is 48.8 Å². The zero-order chi connectivity index (χ0) is 20.0. The Morgan fingerprint density at radius 3 is 2.04 bits per heavy atom. The summed E-state index contributed by atoms with van der Waals surface area (Å²) in [6, 6.07) is 12.9. The first-order valence-corrected chi connectivity index (χ1v) is 8.55. The fourth-order valence-corrected chi connectivity index (χ4v) is 2.95. The van der Waals surface area contributed by atoms with Gasteiger partial charge in [0.1, 0.15) is 0 Å². The van der Waals surface area contributed by atoms with E-state index in [1.54, 1.807) is 0 Å². The first kappa shape index (κ1) is 21.0. The van der Waals surface area contributed by atoms with Crippen LogP contribution >= 0.6 is 0 Å². The largest absolute Gasteiger partial charge is 0.490 e. The monoisotopic (exact) mass is 384 g/mol. The number of hydrogen-bond donors (Lipinski definition) is 1. The molecule has 0 aliphatic carbocycles. The Labute approximate surface area is 156 Å². The molecule has 1 fully saturated rings. The number of carbonyl (C=O) groups is 1. The van der Waals surface area contributed by atoms with Gasteiger partial charge in [-0.25, -0.2) is 4.79 Å². The number of halogens is 3. The van der Waals surface area contributed by atoms with Gasteiger partial charge in [0.25, 0.3) is 0 Å². The number of morpholine rings is 1. The first-order valence-electron chi connectivity index (χ1n) is 8.55. The van der Waals surface area contributed by atoms with Gasteiger partial charge in [0.15, 0.2) is 0 Å². The van der Waals surface area contributed by atoms with Crippen LogP contribution in [0.4, 0.5) is 13.2 Å². The van der Waals surface area contributed by atoms with Crippen molar-refractivity contribution in [3.05, 3.63) is 54.4 Å². The van der Waals surface area contributed by atoms with Crippen LogP contribution in [0, 0.1) is 0 Å². The first-order chi connectivity index (χ1) is 12.6. The van der Waals surface area contributed by atoms with Gasteiger partial charge in [-0.3, -0.25) is 4.90 Å². The molecule has 27 heavy (non-hydrogen) atoms. The number of carboxylic acid groups (broad SMARTS) is 1. The normalized spacial score (nSPS) is 20.6. The summed E-state index contributed by atoms with van der Waals surface area (Å²) < 4.78 is 39.6. The SMILES string of the molecule is CC1CN(Cc2ccc(-n3cccc3)cc2)CC(C)O1.O=C(O)C(F)(F)F. The third-order valence-corrected chi connectivity index (χ3v) is 3.98. The molecule has 2 heterocycles. The molecule has 1 aliphatic heterocycles. The minimum Gasteiger partial charge on any atom is -0.475 e. The third kappa shape index (κ3) is 6.73. The van der Waals surface area contributed by atoms with Crippen LogP contribution in [0.5, 0.6) is 0 Å². The number of benzene rings is 1. The summed E-state index contributed by atoms with van der Waals surface area (Å²) >= 11 is 0. The number of nitrogens with zero attached hydrogens (tertiary/aromatic N) is 2. The summed E-state index contributed by atoms with van der Waals surface area (Å²) in [5.41, 5.74) is 2.57. The average molecular weight is 384 g/mol. The Morgan fingerprint density at radius 1 is 1.11 bits per heavy atom. The Hall–Kier alpha value is -2.32. The van der Waals surface area contributed by atoms with Crippen molar-refractivity contribution in [2.75, 3.05) is 13.1 Å². The van der Waals surface area contributed by atoms with E-state index in [-0.39, 0.29) is 0 Å². The third-order valence-electron chi connectivity index (χ3n) is 3.98. The fourth-order valence-electron chi connectivity index (χ4n) is 2.95. The molecule has 1 aromatic heterocycles. The molecular formula is C19H23F3N2O3. The lowest BCUT2D eigenvalue weighted by atomic mass is 10.1. The molecule has 1 saturated heterocycles. The second-order valence-electron chi connectivity index (χ2n) is 6.51. The molecule has 0 spiro atoms. The molecule has 5 nitrogen and oxygen atoms in total. The number of hydrogen-bond acceptors (Lipinski definition) is 3. The van der Waals surface area contributed by atoms with E-state index in [1.165, 1.54) is 11.3 Å². The molecule has 148 valence electrons. The van der Waals surface area contributed by atoms with Crippen molar-refractivity contribution in [1.82, 2.24) is 9.47 Å². The minimum atomic E-state index is -5.08. The highest BCUT2D eigenvalue weighted by atomic mass is 19.4.